The number of nitrogens with one attached hydrogen (secondary N) is 2. The number of aromatic nitrogens is 1. The molecule has 0 radical (unpaired) electrons. The van der Waals surface area contributed by atoms with Gasteiger partial charge >= 0.3 is 5.97 Å². The third kappa shape index (κ3) is 3.35. The highest BCUT2D eigenvalue weighted by Gasteiger charge is 2.39. The minimum absolute atomic E-state index is 0.111. The van der Waals surface area contributed by atoms with Crippen molar-refractivity contribution in [2.75, 3.05) is 7.11 Å². The van der Waals surface area contributed by atoms with Crippen LogP contribution in [-0.2, 0) is 19.2 Å². The van der Waals surface area contributed by atoms with Crippen LogP contribution in [0.2, 0.25) is 0 Å². The molecule has 1 aliphatic rings. The second kappa shape index (κ2) is 7.70. The molecule has 1 atom stereocenters. The number of ether oxygens (including phenoxy) is 1. The van der Waals surface area contributed by atoms with Gasteiger partial charge in [-0.2, -0.15) is 0 Å². The number of carbonyl (C=O) groups is 2. The molecule has 3 rings (SSSR count). The number of H-pyrrole nitrogens is 1. The van der Waals surface area contributed by atoms with Gasteiger partial charge in [0.1, 0.15) is 17.5 Å². The summed E-state index contributed by atoms with van der Waals surface area (Å²) >= 11 is 0. The Balaban J connectivity index is 2.08. The lowest BCUT2D eigenvalue weighted by Gasteiger charge is -2.13. The van der Waals surface area contributed by atoms with E-state index in [-0.39, 0.29) is 5.57 Å². The first-order valence-corrected chi connectivity index (χ1v) is 8.62. The molecule has 6 nitrogen and oxygen atoms in total. The number of halogens is 1. The van der Waals surface area contributed by atoms with Gasteiger partial charge in [-0.05, 0) is 25.0 Å². The number of benzene rings is 1. The lowest BCUT2D eigenvalue weighted by atomic mass is 9.97. The van der Waals surface area contributed by atoms with Gasteiger partial charge in [-0.15, -0.1) is 0 Å². The Morgan fingerprint density at radius 1 is 1.38 bits per heavy atom. The molecule has 2 aromatic rings. The first-order valence-electron chi connectivity index (χ1n) is 8.62. The Hall–Kier alpha value is -2.67. The van der Waals surface area contributed by atoms with Crippen molar-refractivity contribution in [1.82, 2.24) is 10.5 Å². The van der Waals surface area contributed by atoms with Crippen molar-refractivity contribution >= 4 is 28.4 Å². The standard InChI is InChI=1S/C19H21FN2O4/c1-3-4-5-9-14-15(16(19(24)26-14)18(23)22-25-2)13-10-11-7-6-8-12(20)17(11)21-13/h6-8,10,14,21H,3-5,9H2,1-2H3,(H,22,23). The van der Waals surface area contributed by atoms with Crippen molar-refractivity contribution in [2.24, 2.45) is 0 Å². The van der Waals surface area contributed by atoms with Crippen LogP contribution in [0.4, 0.5) is 4.39 Å². The molecular weight excluding hydrogens is 339 g/mol. The molecule has 1 aromatic carbocycles. The molecule has 2 heterocycles. The number of para-hydroxylation sites is 1. The summed E-state index contributed by atoms with van der Waals surface area (Å²) in [6, 6.07) is 6.45. The molecule has 2 N–H and O–H groups in total. The molecule has 1 aliphatic heterocycles. The van der Waals surface area contributed by atoms with Crippen molar-refractivity contribution in [3.8, 4) is 0 Å². The van der Waals surface area contributed by atoms with Gasteiger partial charge in [0.05, 0.1) is 12.6 Å². The minimum atomic E-state index is -0.699. The van der Waals surface area contributed by atoms with E-state index >= 15 is 0 Å². The van der Waals surface area contributed by atoms with Crippen LogP contribution < -0.4 is 5.48 Å². The second-order valence-corrected chi connectivity index (χ2v) is 6.20. The number of unbranched alkanes of at least 4 members (excludes halogenated alkanes) is 2. The van der Waals surface area contributed by atoms with E-state index in [0.29, 0.717) is 28.6 Å². The Labute approximate surface area is 150 Å². The molecule has 0 saturated carbocycles. The monoisotopic (exact) mass is 360 g/mol. The Kier molecular flexibility index (Phi) is 5.37. The van der Waals surface area contributed by atoms with Gasteiger partial charge in [-0.1, -0.05) is 31.9 Å². The van der Waals surface area contributed by atoms with E-state index in [1.54, 1.807) is 18.2 Å². The fraction of sp³-hybridized carbons (Fsp3) is 0.368. The number of carbonyl (C=O) groups excluding carboxylic acids is 2. The fourth-order valence-electron chi connectivity index (χ4n) is 3.23. The maximum atomic E-state index is 14.0. The van der Waals surface area contributed by atoms with Gasteiger partial charge in [0.2, 0.25) is 0 Å². The van der Waals surface area contributed by atoms with Crippen LogP contribution in [0.1, 0.15) is 38.3 Å². The first-order chi connectivity index (χ1) is 12.6. The maximum Gasteiger partial charge on any atom is 0.344 e. The highest BCUT2D eigenvalue weighted by molar-refractivity contribution is 6.24. The SMILES string of the molecule is CCCCCC1OC(=O)C(C(=O)NOC)=C1c1cc2cccc(F)c2[nH]1. The summed E-state index contributed by atoms with van der Waals surface area (Å²) in [5, 5.41) is 0.658. The van der Waals surface area contributed by atoms with Gasteiger partial charge in [-0.3, -0.25) is 9.63 Å². The molecule has 1 amide bonds. The Morgan fingerprint density at radius 2 is 2.19 bits per heavy atom. The third-order valence-corrected chi connectivity index (χ3v) is 4.43. The molecule has 138 valence electrons. The van der Waals surface area contributed by atoms with E-state index in [4.69, 9.17) is 4.74 Å². The zero-order valence-electron chi connectivity index (χ0n) is 14.7. The average molecular weight is 360 g/mol. The van der Waals surface area contributed by atoms with Crippen molar-refractivity contribution in [1.29, 1.82) is 0 Å². The molecular formula is C19H21FN2O4. The molecule has 0 saturated heterocycles. The number of aromatic amines is 1. The average Bonchev–Trinajstić information content (AvgIpc) is 3.17. The van der Waals surface area contributed by atoms with E-state index < -0.39 is 23.8 Å². The van der Waals surface area contributed by atoms with E-state index in [2.05, 4.69) is 22.2 Å². The van der Waals surface area contributed by atoms with Gasteiger partial charge in [-0.25, -0.2) is 14.7 Å². The van der Waals surface area contributed by atoms with Crippen LogP contribution in [0.5, 0.6) is 0 Å². The Morgan fingerprint density at radius 3 is 2.88 bits per heavy atom. The highest BCUT2D eigenvalue weighted by atomic mass is 19.1. The predicted octanol–water partition coefficient (Wildman–Crippen LogP) is 3.24. The largest absolute Gasteiger partial charge is 0.454 e. The zero-order chi connectivity index (χ0) is 18.7. The normalized spacial score (nSPS) is 17.0. The molecule has 1 unspecified atom stereocenters. The summed E-state index contributed by atoms with van der Waals surface area (Å²) in [6.07, 6.45) is 2.90. The van der Waals surface area contributed by atoms with E-state index in [1.807, 2.05) is 0 Å². The summed E-state index contributed by atoms with van der Waals surface area (Å²) in [6.45, 7) is 2.08. The molecule has 1 aromatic heterocycles. The van der Waals surface area contributed by atoms with E-state index in [9.17, 15) is 14.0 Å². The highest BCUT2D eigenvalue weighted by Crippen LogP contribution is 2.36. The topological polar surface area (TPSA) is 80.4 Å². The summed E-state index contributed by atoms with van der Waals surface area (Å²) < 4.78 is 19.5. The van der Waals surface area contributed by atoms with Crippen LogP contribution in [-0.4, -0.2) is 30.1 Å². The lowest BCUT2D eigenvalue weighted by molar-refractivity contribution is -0.142. The van der Waals surface area contributed by atoms with Crippen LogP contribution in [0.25, 0.3) is 16.5 Å². The third-order valence-electron chi connectivity index (χ3n) is 4.43. The fourth-order valence-corrected chi connectivity index (χ4v) is 3.23. The van der Waals surface area contributed by atoms with Crippen molar-refractivity contribution < 1.29 is 23.6 Å². The van der Waals surface area contributed by atoms with Gasteiger partial charge in [0.15, 0.2) is 0 Å². The molecule has 7 heteroatoms. The van der Waals surface area contributed by atoms with Crippen molar-refractivity contribution in [3.63, 3.8) is 0 Å². The number of fused-ring (bicyclic) bond motifs is 1. The maximum absolute atomic E-state index is 14.0. The Bertz CT molecular complexity index is 872. The van der Waals surface area contributed by atoms with Crippen LogP contribution >= 0.6 is 0 Å². The predicted molar refractivity (Wildman–Crippen MR) is 94.4 cm³/mol. The lowest BCUT2D eigenvalue weighted by Crippen LogP contribution is -2.26. The van der Waals surface area contributed by atoms with Crippen molar-refractivity contribution in [2.45, 2.75) is 38.7 Å². The molecule has 0 aliphatic carbocycles. The number of hydroxylamine groups is 1. The van der Waals surface area contributed by atoms with Crippen LogP contribution in [0, 0.1) is 5.82 Å². The second-order valence-electron chi connectivity index (χ2n) is 6.20. The number of amides is 1. The molecule has 0 spiro atoms. The van der Waals surface area contributed by atoms with Crippen LogP contribution in [0.3, 0.4) is 0 Å². The molecule has 0 fully saturated rings. The molecule has 26 heavy (non-hydrogen) atoms. The van der Waals surface area contributed by atoms with Gasteiger partial charge < -0.3 is 9.72 Å². The first kappa shape index (κ1) is 18.1. The number of hydrogen-bond donors (Lipinski definition) is 2. The van der Waals surface area contributed by atoms with Crippen LogP contribution in [0.15, 0.2) is 29.8 Å². The summed E-state index contributed by atoms with van der Waals surface area (Å²) in [4.78, 5) is 32.3. The smallest absolute Gasteiger partial charge is 0.344 e. The summed E-state index contributed by atoms with van der Waals surface area (Å²) in [7, 11) is 1.29. The number of rotatable bonds is 7. The van der Waals surface area contributed by atoms with E-state index in [0.717, 1.165) is 19.3 Å². The molecule has 0 bridgehead atoms. The summed E-state index contributed by atoms with van der Waals surface area (Å²) in [5.41, 5.74) is 3.32. The van der Waals surface area contributed by atoms with Gasteiger partial charge in [0.25, 0.3) is 5.91 Å². The van der Waals surface area contributed by atoms with Gasteiger partial charge in [0, 0.05) is 16.7 Å². The number of hydrogen-bond acceptors (Lipinski definition) is 4. The minimum Gasteiger partial charge on any atom is -0.454 e. The quantitative estimate of drug-likeness (QED) is 0.344. The van der Waals surface area contributed by atoms with E-state index in [1.165, 1.54) is 13.2 Å². The number of cyclic esters (lactones) is 1. The van der Waals surface area contributed by atoms with Crippen molar-refractivity contribution in [3.05, 3.63) is 41.3 Å². The zero-order valence-corrected chi connectivity index (χ0v) is 14.7. The summed E-state index contributed by atoms with van der Waals surface area (Å²) in [5.74, 6) is -1.77. The number of esters is 1.